The summed E-state index contributed by atoms with van der Waals surface area (Å²) in [6, 6.07) is 54.5. The SMILES string of the molecule is [2H]c1c([2H])c([2H])c2c(c1[2H])-c1cc(C(C)(C)C)cc(-c3ccc4oc5ccccc5c4c3)c1-[n+]1[c-]n(-c3[c-]c(Oc4[c-]c5c(cc4)c4ccccc4n5-c4cc(C(C)(C)C)ccn4)ccc3)c3cc(-c4cc(C(C)(C)C)cc(C(C)(C)C)c4)cc(c31)-c1c([2H])c([2H])c([2H])c([2H])c1-2.[Pt]. The first-order valence-electron chi connectivity index (χ1n) is 34.1. The molecule has 0 radical (unpaired) electrons. The van der Waals surface area contributed by atoms with Gasteiger partial charge in [-0.15, -0.1) is 29.7 Å². The van der Waals surface area contributed by atoms with Crippen LogP contribution in [0.5, 0.6) is 11.5 Å². The molecule has 4 aromatic heterocycles. The van der Waals surface area contributed by atoms with Crippen LogP contribution in [0, 0.1) is 18.5 Å². The van der Waals surface area contributed by atoms with E-state index in [9.17, 15) is 11.0 Å². The molecule has 0 atom stereocenters. The fourth-order valence-corrected chi connectivity index (χ4v) is 12.5. The number of fused-ring (bicyclic) bond motifs is 13. The number of ether oxygens (including phenoxy) is 1. The number of hydrogen-bond donors (Lipinski definition) is 0. The van der Waals surface area contributed by atoms with Gasteiger partial charge in [0.15, 0.2) is 0 Å². The smallest absolute Gasteiger partial charge is 0.268 e. The molecule has 6 nitrogen and oxygen atoms in total. The first kappa shape index (κ1) is 48.9. The Morgan fingerprint density at radius 2 is 1.06 bits per heavy atom. The molecule has 1 aliphatic rings. The summed E-state index contributed by atoms with van der Waals surface area (Å²) in [5.74, 6) is 1.56. The summed E-state index contributed by atoms with van der Waals surface area (Å²) in [6.45, 7) is 26.0. The Hall–Kier alpha value is -9.09. The molecule has 89 heavy (non-hydrogen) atoms. The van der Waals surface area contributed by atoms with Gasteiger partial charge in [-0.25, -0.2) is 4.98 Å². The molecule has 1 aliphatic heterocycles. The number of furan rings is 1. The number of pyridine rings is 1. The van der Waals surface area contributed by atoms with Crippen molar-refractivity contribution >= 4 is 54.8 Å². The number of aromatic nitrogens is 4. The molecule has 14 aromatic rings. The molecule has 0 saturated carbocycles. The third-order valence-corrected chi connectivity index (χ3v) is 17.4. The van der Waals surface area contributed by atoms with Gasteiger partial charge in [-0.1, -0.05) is 216 Å². The van der Waals surface area contributed by atoms with E-state index in [1.165, 1.54) is 0 Å². The summed E-state index contributed by atoms with van der Waals surface area (Å²) in [5.41, 5.74) is 11.9. The van der Waals surface area contributed by atoms with Crippen molar-refractivity contribution in [2.75, 3.05) is 0 Å². The second-order valence-electron chi connectivity index (χ2n) is 27.5. The van der Waals surface area contributed by atoms with E-state index in [4.69, 9.17) is 14.1 Å². The predicted octanol–water partition coefficient (Wildman–Crippen LogP) is 21.3. The summed E-state index contributed by atoms with van der Waals surface area (Å²) in [5, 5.41) is 3.81. The van der Waals surface area contributed by atoms with E-state index in [1.807, 2.05) is 100 Å². The molecule has 0 fully saturated rings. The first-order valence-corrected chi connectivity index (χ1v) is 30.1. The largest absolute Gasteiger partial charge is 0.510 e. The topological polar surface area (TPSA) is 49.0 Å². The van der Waals surface area contributed by atoms with E-state index >= 15 is 0 Å². The number of nitrogens with zero attached hydrogens (tertiary/aromatic N) is 4. The van der Waals surface area contributed by atoms with E-state index in [1.54, 1.807) is 0 Å². The quantitative estimate of drug-likeness (QED) is 0.123. The van der Waals surface area contributed by atoms with Gasteiger partial charge in [-0.05, 0) is 153 Å². The van der Waals surface area contributed by atoms with Crippen LogP contribution < -0.4 is 9.30 Å². The Bertz CT molecular complexity index is 5640. The Kier molecular flexibility index (Phi) is 11.5. The van der Waals surface area contributed by atoms with Crippen LogP contribution >= 0.6 is 0 Å². The second kappa shape index (κ2) is 21.0. The molecule has 0 aliphatic carbocycles. The van der Waals surface area contributed by atoms with Crippen molar-refractivity contribution in [2.45, 2.75) is 105 Å². The third-order valence-electron chi connectivity index (χ3n) is 17.4. The Morgan fingerprint density at radius 3 is 1.75 bits per heavy atom. The van der Waals surface area contributed by atoms with Crippen molar-refractivity contribution in [1.29, 1.82) is 0 Å². The van der Waals surface area contributed by atoms with Crippen LogP contribution in [0.1, 0.15) is 116 Å². The zero-order valence-electron chi connectivity index (χ0n) is 59.9. The van der Waals surface area contributed by atoms with Crippen molar-refractivity contribution in [1.82, 2.24) is 14.1 Å². The van der Waals surface area contributed by atoms with Gasteiger partial charge >= 0.3 is 0 Å². The minimum atomic E-state index is -0.556. The number of benzene rings is 10. The molecule has 0 amide bonds. The fraction of sp³-hybridized carbons (Fsp3) is 0.195. The predicted molar refractivity (Wildman–Crippen MR) is 363 cm³/mol. The van der Waals surface area contributed by atoms with Crippen molar-refractivity contribution in [3.05, 3.63) is 247 Å². The maximum Gasteiger partial charge on any atom is 0.268 e. The number of para-hydroxylation sites is 2. The van der Waals surface area contributed by atoms with Gasteiger partial charge < -0.3 is 18.3 Å². The van der Waals surface area contributed by atoms with Crippen molar-refractivity contribution < 1.29 is 45.8 Å². The van der Waals surface area contributed by atoms with Gasteiger partial charge in [0.25, 0.3) is 6.33 Å². The van der Waals surface area contributed by atoms with Gasteiger partial charge in [0.2, 0.25) is 0 Å². The van der Waals surface area contributed by atoms with Crippen LogP contribution in [0.15, 0.2) is 211 Å². The van der Waals surface area contributed by atoms with E-state index in [0.29, 0.717) is 56.2 Å². The van der Waals surface area contributed by atoms with Crippen LogP contribution in [0.2, 0.25) is 0 Å². The minimum absolute atomic E-state index is 0. The van der Waals surface area contributed by atoms with Gasteiger partial charge in [0.1, 0.15) is 17.0 Å². The van der Waals surface area contributed by atoms with Crippen LogP contribution in [0.4, 0.5) is 0 Å². The van der Waals surface area contributed by atoms with Gasteiger partial charge in [-0.2, -0.15) is 18.2 Å². The normalized spacial score (nSPS) is 13.9. The van der Waals surface area contributed by atoms with Gasteiger partial charge in [0, 0.05) is 55.1 Å². The minimum Gasteiger partial charge on any atom is -0.510 e. The Morgan fingerprint density at radius 1 is 0.461 bits per heavy atom. The standard InChI is InChI=1S/C82H70N4O2.Pt/c1-79(2,3)53-36-37-83-76(46-53)86-71-30-19-17-28-64(71)65-34-33-59(48-72(65)86)87-58-23-21-22-57(47-58)84-49-85-77-67(50-32-35-75-68(40-50)66-29-18-20-31-74(66)88-75)44-56(82(10,11)12)45-70(77)63-27-16-14-25-61(63)60-24-13-15-26-62(60)69-41-52(42-73(84)78(69)85)51-38-54(80(4,5)6)43-55(39-51)81(7,8)9;/h13-46H,1-12H3;/q-2;/i13D,14D,15D,16D,24D,25D,26D,27D;. The molecule has 0 saturated heterocycles. The monoisotopic (exact) mass is 1350 g/mol. The molecule has 7 heteroatoms. The van der Waals surface area contributed by atoms with Crippen LogP contribution in [0.3, 0.4) is 0 Å². The molecule has 10 aromatic carbocycles. The average molecular weight is 1350 g/mol. The average Bonchev–Trinajstić information content (AvgIpc) is 1.62. The maximum atomic E-state index is 10.2. The van der Waals surface area contributed by atoms with E-state index in [0.717, 1.165) is 82.9 Å². The van der Waals surface area contributed by atoms with Gasteiger partial charge in [0.05, 0.1) is 27.7 Å². The van der Waals surface area contributed by atoms with Crippen molar-refractivity contribution in [2.24, 2.45) is 0 Å². The molecule has 442 valence electrons. The Labute approximate surface area is 547 Å². The molecule has 15 rings (SSSR count). The maximum absolute atomic E-state index is 10.2. The number of imidazole rings is 1. The molecule has 0 spiro atoms. The zero-order valence-corrected chi connectivity index (χ0v) is 54.2. The number of hydrogen-bond acceptors (Lipinski definition) is 3. The summed E-state index contributed by atoms with van der Waals surface area (Å²) in [4.78, 5) is 4.91. The first-order chi connectivity index (χ1) is 45.4. The molecular formula is C82H70N4O2Pt-2. The van der Waals surface area contributed by atoms with Gasteiger partial charge in [-0.3, -0.25) is 4.57 Å². The van der Waals surface area contributed by atoms with E-state index < -0.39 is 41.7 Å². The Balaban J connectivity index is 0.00000807. The molecular weight excluding hydrogens is 1270 g/mol. The van der Waals surface area contributed by atoms with Crippen LogP contribution in [-0.2, 0) is 42.7 Å². The fourth-order valence-electron chi connectivity index (χ4n) is 12.5. The summed E-state index contributed by atoms with van der Waals surface area (Å²) in [7, 11) is 0. The van der Waals surface area contributed by atoms with E-state index in [-0.39, 0.29) is 71.6 Å². The molecule has 0 bridgehead atoms. The summed E-state index contributed by atoms with van der Waals surface area (Å²) in [6.07, 6.45) is 5.71. The molecule has 0 unspecified atom stereocenters. The van der Waals surface area contributed by atoms with E-state index in [2.05, 4.69) is 173 Å². The number of rotatable bonds is 6. The zero-order chi connectivity index (χ0) is 67.7. The third kappa shape index (κ3) is 9.92. The second-order valence-corrected chi connectivity index (χ2v) is 27.5. The van der Waals surface area contributed by atoms with Crippen LogP contribution in [0.25, 0.3) is 128 Å². The summed E-state index contributed by atoms with van der Waals surface area (Å²) >= 11 is 0. The van der Waals surface area contributed by atoms with Crippen LogP contribution in [-0.4, -0.2) is 14.1 Å². The van der Waals surface area contributed by atoms with Crippen molar-refractivity contribution in [3.63, 3.8) is 0 Å². The molecule has 5 heterocycles. The summed E-state index contributed by atoms with van der Waals surface area (Å²) < 4.78 is 97.8. The molecule has 0 N–H and O–H groups in total. The van der Waals surface area contributed by atoms with Crippen molar-refractivity contribution in [3.8, 4) is 84.3 Å².